The summed E-state index contributed by atoms with van der Waals surface area (Å²) >= 11 is 0. The minimum atomic E-state index is -0.964. The number of aromatic amines is 1. The van der Waals surface area contributed by atoms with Gasteiger partial charge in [-0.3, -0.25) is 9.59 Å². The largest absolute Gasteiger partial charge is 0.506 e. The Balaban J connectivity index is 2.03. The number of imidazole rings is 1. The van der Waals surface area contributed by atoms with Gasteiger partial charge in [-0.1, -0.05) is 6.07 Å². The number of amides is 1. The summed E-state index contributed by atoms with van der Waals surface area (Å²) in [5.41, 5.74) is 4.74. The lowest BCUT2D eigenvalue weighted by atomic mass is 9.87. The minimum Gasteiger partial charge on any atom is -0.506 e. The van der Waals surface area contributed by atoms with E-state index in [0.717, 1.165) is 13.3 Å². The topological polar surface area (TPSA) is 159 Å². The molecule has 0 saturated carbocycles. The van der Waals surface area contributed by atoms with Crippen LogP contribution in [-0.2, 0) is 23.2 Å². The van der Waals surface area contributed by atoms with Crippen molar-refractivity contribution in [2.45, 2.75) is 18.9 Å². The monoisotopic (exact) mass is 456 g/mol. The van der Waals surface area contributed by atoms with E-state index < -0.39 is 29.1 Å². The maximum atomic E-state index is 12.6. The van der Waals surface area contributed by atoms with E-state index in [2.05, 4.69) is 14.7 Å². The normalized spacial score (nSPS) is 11.6. The number of carbonyl (C=O) groups excluding carboxylic acids is 2. The predicted molar refractivity (Wildman–Crippen MR) is 116 cm³/mol. The molecule has 174 valence electrons. The predicted octanol–water partition coefficient (Wildman–Crippen LogP) is 1.20. The zero-order valence-electron chi connectivity index (χ0n) is 18.3. The third kappa shape index (κ3) is 4.97. The number of aryl methyl sites for hydroxylation is 1. The standard InChI is InChI=1S/C22H24N4O7/c1-26-7-6-24-18(26)11-33-15-5-4-12(8-16(15)31-2)13(9-17(23)27)19-20(28)14(22(30)32-3)10-25-21(19)29/h4-8,10,13H,9,11H2,1-3H3,(H2,23,27)(H2,25,28,29)/t13-/m0/s1. The molecule has 0 aliphatic rings. The van der Waals surface area contributed by atoms with E-state index >= 15 is 0 Å². The molecule has 0 spiro atoms. The third-order valence-corrected chi connectivity index (χ3v) is 5.13. The van der Waals surface area contributed by atoms with Crippen LogP contribution in [0.2, 0.25) is 0 Å². The number of nitrogens with two attached hydrogens (primary N) is 1. The first kappa shape index (κ1) is 23.4. The number of carbonyl (C=O) groups is 2. The summed E-state index contributed by atoms with van der Waals surface area (Å²) in [5.74, 6) is -1.68. The van der Waals surface area contributed by atoms with E-state index in [1.807, 2.05) is 11.6 Å². The van der Waals surface area contributed by atoms with Gasteiger partial charge in [-0.05, 0) is 17.7 Å². The van der Waals surface area contributed by atoms with Crippen molar-refractivity contribution in [3.63, 3.8) is 0 Å². The highest BCUT2D eigenvalue weighted by Gasteiger charge is 2.28. The zero-order chi connectivity index (χ0) is 24.1. The minimum absolute atomic E-state index is 0.186. The number of primary amides is 1. The highest BCUT2D eigenvalue weighted by atomic mass is 16.5. The quantitative estimate of drug-likeness (QED) is 0.405. The fourth-order valence-corrected chi connectivity index (χ4v) is 3.41. The molecule has 3 aromatic rings. The van der Waals surface area contributed by atoms with E-state index in [9.17, 15) is 19.5 Å². The van der Waals surface area contributed by atoms with Crippen LogP contribution in [0.5, 0.6) is 17.2 Å². The molecule has 0 saturated heterocycles. The molecule has 0 fully saturated rings. The van der Waals surface area contributed by atoms with Crippen LogP contribution in [0.15, 0.2) is 41.6 Å². The maximum absolute atomic E-state index is 12.6. The molecular formula is C22H24N4O7. The maximum Gasteiger partial charge on any atom is 0.343 e. The lowest BCUT2D eigenvalue weighted by Gasteiger charge is -2.20. The Morgan fingerprint density at radius 1 is 1.27 bits per heavy atom. The number of esters is 1. The number of aromatic nitrogens is 3. The number of nitrogens with zero attached hydrogens (tertiary/aromatic N) is 2. The van der Waals surface area contributed by atoms with Crippen LogP contribution in [0.3, 0.4) is 0 Å². The van der Waals surface area contributed by atoms with Crippen molar-refractivity contribution in [1.29, 1.82) is 0 Å². The number of methoxy groups -OCH3 is 2. The van der Waals surface area contributed by atoms with Gasteiger partial charge in [0.2, 0.25) is 5.91 Å². The second-order valence-electron chi connectivity index (χ2n) is 7.16. The van der Waals surface area contributed by atoms with Crippen LogP contribution >= 0.6 is 0 Å². The summed E-state index contributed by atoms with van der Waals surface area (Å²) < 4.78 is 17.7. The van der Waals surface area contributed by atoms with Crippen LogP contribution in [0.25, 0.3) is 0 Å². The third-order valence-electron chi connectivity index (χ3n) is 5.13. The molecule has 4 N–H and O–H groups in total. The Kier molecular flexibility index (Phi) is 7.01. The number of ether oxygens (including phenoxy) is 3. The Labute approximate surface area is 188 Å². The van der Waals surface area contributed by atoms with Gasteiger partial charge in [-0.2, -0.15) is 0 Å². The Morgan fingerprint density at radius 3 is 2.64 bits per heavy atom. The zero-order valence-corrected chi connectivity index (χ0v) is 18.3. The molecule has 0 radical (unpaired) electrons. The fraction of sp³-hybridized carbons (Fsp3) is 0.273. The number of benzene rings is 1. The van der Waals surface area contributed by atoms with Gasteiger partial charge in [-0.15, -0.1) is 0 Å². The van der Waals surface area contributed by atoms with Crippen molar-refractivity contribution in [1.82, 2.24) is 14.5 Å². The van der Waals surface area contributed by atoms with Gasteiger partial charge in [0, 0.05) is 38.0 Å². The molecule has 33 heavy (non-hydrogen) atoms. The lowest BCUT2D eigenvalue weighted by molar-refractivity contribution is -0.118. The van der Waals surface area contributed by atoms with E-state index in [4.69, 9.17) is 15.2 Å². The number of hydrogen-bond donors (Lipinski definition) is 3. The van der Waals surface area contributed by atoms with Crippen LogP contribution in [0.4, 0.5) is 0 Å². The summed E-state index contributed by atoms with van der Waals surface area (Å²) in [4.78, 5) is 43.0. The second kappa shape index (κ2) is 9.90. The van der Waals surface area contributed by atoms with Crippen LogP contribution < -0.4 is 20.8 Å². The average Bonchev–Trinajstić information content (AvgIpc) is 3.20. The average molecular weight is 456 g/mol. The van der Waals surface area contributed by atoms with Gasteiger partial charge < -0.3 is 34.6 Å². The molecule has 2 aromatic heterocycles. The summed E-state index contributed by atoms with van der Waals surface area (Å²) in [6.45, 7) is 0.186. The molecule has 1 amide bonds. The molecule has 1 atom stereocenters. The van der Waals surface area contributed by atoms with Crippen molar-refractivity contribution >= 4 is 11.9 Å². The molecule has 11 heteroatoms. The highest BCUT2D eigenvalue weighted by molar-refractivity contribution is 5.92. The number of pyridine rings is 1. The number of rotatable bonds is 9. The van der Waals surface area contributed by atoms with Crippen molar-refractivity contribution in [3.8, 4) is 17.2 Å². The molecule has 2 heterocycles. The first-order valence-corrected chi connectivity index (χ1v) is 9.84. The van der Waals surface area contributed by atoms with E-state index in [-0.39, 0.29) is 24.2 Å². The molecule has 0 aliphatic carbocycles. The number of H-pyrrole nitrogens is 1. The first-order valence-electron chi connectivity index (χ1n) is 9.84. The van der Waals surface area contributed by atoms with Crippen molar-refractivity contribution in [2.24, 2.45) is 12.8 Å². The number of nitrogens with one attached hydrogen (secondary N) is 1. The van der Waals surface area contributed by atoms with Crippen LogP contribution in [-0.4, -0.2) is 45.7 Å². The van der Waals surface area contributed by atoms with Gasteiger partial charge >= 0.3 is 5.97 Å². The molecular weight excluding hydrogens is 432 g/mol. The fourth-order valence-electron chi connectivity index (χ4n) is 3.41. The molecule has 0 bridgehead atoms. The Hall–Kier alpha value is -4.28. The summed E-state index contributed by atoms with van der Waals surface area (Å²) in [7, 11) is 4.42. The van der Waals surface area contributed by atoms with Crippen molar-refractivity contribution < 1.29 is 28.9 Å². The van der Waals surface area contributed by atoms with E-state index in [0.29, 0.717) is 22.9 Å². The first-order chi connectivity index (χ1) is 15.8. The van der Waals surface area contributed by atoms with Gasteiger partial charge in [0.1, 0.15) is 23.7 Å². The van der Waals surface area contributed by atoms with Crippen LogP contribution in [0, 0.1) is 0 Å². The summed E-state index contributed by atoms with van der Waals surface area (Å²) in [5, 5.41) is 10.7. The molecule has 1 aromatic carbocycles. The summed E-state index contributed by atoms with van der Waals surface area (Å²) in [6.07, 6.45) is 4.18. The van der Waals surface area contributed by atoms with Gasteiger partial charge in [0.25, 0.3) is 5.56 Å². The number of aromatic hydroxyl groups is 1. The Morgan fingerprint density at radius 2 is 2.03 bits per heavy atom. The molecule has 0 unspecified atom stereocenters. The molecule has 3 rings (SSSR count). The SMILES string of the molecule is COC(=O)c1c[nH]c(=O)c([C@@H](CC(N)=O)c2ccc(OCc3nccn3C)c(OC)c2)c1O. The van der Waals surface area contributed by atoms with Crippen molar-refractivity contribution in [3.05, 3.63) is 69.7 Å². The van der Waals surface area contributed by atoms with E-state index in [1.165, 1.54) is 7.11 Å². The van der Waals surface area contributed by atoms with Crippen LogP contribution in [0.1, 0.15) is 39.6 Å². The molecule has 11 nitrogen and oxygen atoms in total. The van der Waals surface area contributed by atoms with E-state index in [1.54, 1.807) is 30.6 Å². The summed E-state index contributed by atoms with van der Waals surface area (Å²) in [6, 6.07) is 4.80. The van der Waals surface area contributed by atoms with Gasteiger partial charge in [0.15, 0.2) is 11.5 Å². The molecule has 0 aliphatic heterocycles. The second-order valence-corrected chi connectivity index (χ2v) is 7.16. The van der Waals surface area contributed by atoms with Crippen molar-refractivity contribution in [2.75, 3.05) is 14.2 Å². The van der Waals surface area contributed by atoms with Gasteiger partial charge in [0.05, 0.1) is 19.8 Å². The highest BCUT2D eigenvalue weighted by Crippen LogP contribution is 2.37. The smallest absolute Gasteiger partial charge is 0.343 e. The van der Waals surface area contributed by atoms with Gasteiger partial charge in [-0.25, -0.2) is 9.78 Å². The number of hydrogen-bond acceptors (Lipinski definition) is 8. The Bertz CT molecular complexity index is 1230. The lowest BCUT2D eigenvalue weighted by Crippen LogP contribution is -2.24.